The highest BCUT2D eigenvalue weighted by Gasteiger charge is 2.29. The summed E-state index contributed by atoms with van der Waals surface area (Å²) in [5.41, 5.74) is 0.280. The monoisotopic (exact) mass is 440 g/mol. The van der Waals surface area contributed by atoms with E-state index in [4.69, 9.17) is 16.3 Å². The molecular formula is C19H18ClFN2O5S. The van der Waals surface area contributed by atoms with E-state index in [1.807, 2.05) is 4.90 Å². The number of esters is 1. The second kappa shape index (κ2) is 7.38. The lowest BCUT2D eigenvalue weighted by molar-refractivity contribution is 0.0493. The number of aromatic hydroxyl groups is 1. The number of nitrogens with zero attached hydrogens (tertiary/aromatic N) is 1. The minimum Gasteiger partial charge on any atom is -0.505 e. The lowest BCUT2D eigenvalue weighted by Crippen LogP contribution is -2.31. The first kappa shape index (κ1) is 19.8. The number of phenols is 1. The van der Waals surface area contributed by atoms with Gasteiger partial charge in [0.05, 0.1) is 22.9 Å². The van der Waals surface area contributed by atoms with E-state index >= 15 is 0 Å². The number of rotatable bonds is 0. The molecule has 2 aromatic carbocycles. The van der Waals surface area contributed by atoms with Gasteiger partial charge in [0.25, 0.3) is 10.0 Å². The number of nitrogens with one attached hydrogen (secondary N) is 1. The maximum absolute atomic E-state index is 14.4. The molecule has 0 spiro atoms. The van der Waals surface area contributed by atoms with E-state index in [1.54, 1.807) is 6.07 Å². The molecule has 0 saturated carbocycles. The van der Waals surface area contributed by atoms with Crippen molar-refractivity contribution in [1.82, 2.24) is 0 Å². The molecule has 29 heavy (non-hydrogen) atoms. The van der Waals surface area contributed by atoms with Crippen molar-refractivity contribution >= 4 is 39.0 Å². The van der Waals surface area contributed by atoms with Gasteiger partial charge in [0.1, 0.15) is 10.7 Å². The highest BCUT2D eigenvalue weighted by atomic mass is 35.5. The Bertz CT molecular complexity index is 1090. The zero-order valence-electron chi connectivity index (χ0n) is 15.2. The summed E-state index contributed by atoms with van der Waals surface area (Å²) in [6, 6.07) is 6.37. The SMILES string of the molecule is O=C1OCC[C@H]2CCCN2c2ccc(F)c(c2)NS(=O)(=O)c2cc1cc(Cl)c2O. The standard InChI is InChI=1S/C19H18ClFN2O5S/c20-14-8-11-9-17(18(14)24)29(26,27)22-16-10-13(3-4-15(16)21)23-6-1-2-12(23)5-7-28-19(11)25/h3-4,8-10,12,22,24H,1-2,5-7H2/t12-/m1/s1. The van der Waals surface area contributed by atoms with Gasteiger partial charge in [-0.2, -0.15) is 0 Å². The molecule has 7 nitrogen and oxygen atoms in total. The van der Waals surface area contributed by atoms with Gasteiger partial charge >= 0.3 is 5.97 Å². The summed E-state index contributed by atoms with van der Waals surface area (Å²) in [4.78, 5) is 13.8. The summed E-state index contributed by atoms with van der Waals surface area (Å²) >= 11 is 5.92. The Kier molecular flexibility index (Phi) is 5.04. The highest BCUT2D eigenvalue weighted by molar-refractivity contribution is 7.92. The number of carbonyl (C=O) groups excluding carboxylic acids is 1. The smallest absolute Gasteiger partial charge is 0.338 e. The van der Waals surface area contributed by atoms with Crippen molar-refractivity contribution in [2.24, 2.45) is 0 Å². The average molecular weight is 441 g/mol. The minimum absolute atomic E-state index is 0.0830. The van der Waals surface area contributed by atoms with E-state index in [2.05, 4.69) is 4.72 Å². The van der Waals surface area contributed by atoms with Gasteiger partial charge < -0.3 is 14.7 Å². The molecule has 2 aromatic rings. The van der Waals surface area contributed by atoms with Gasteiger partial charge in [-0.25, -0.2) is 17.6 Å². The Morgan fingerprint density at radius 3 is 2.83 bits per heavy atom. The number of fused-ring (bicyclic) bond motifs is 6. The maximum Gasteiger partial charge on any atom is 0.338 e. The van der Waals surface area contributed by atoms with Crippen LogP contribution >= 0.6 is 11.6 Å². The van der Waals surface area contributed by atoms with Crippen LogP contribution in [0, 0.1) is 5.82 Å². The van der Waals surface area contributed by atoms with Crippen LogP contribution in [-0.2, 0) is 14.8 Å². The van der Waals surface area contributed by atoms with Gasteiger partial charge in [-0.05, 0) is 43.2 Å². The molecule has 0 radical (unpaired) electrons. The molecule has 0 aliphatic carbocycles. The summed E-state index contributed by atoms with van der Waals surface area (Å²) in [6.07, 6.45) is 2.37. The molecule has 4 bridgehead atoms. The number of halogens is 2. The van der Waals surface area contributed by atoms with Gasteiger partial charge in [-0.3, -0.25) is 4.72 Å². The van der Waals surface area contributed by atoms with Gasteiger partial charge in [0.2, 0.25) is 0 Å². The average Bonchev–Trinajstić information content (AvgIpc) is 3.13. The second-order valence-electron chi connectivity index (χ2n) is 6.99. The molecule has 10 heteroatoms. The number of ether oxygens (including phenoxy) is 1. The van der Waals surface area contributed by atoms with Crippen molar-refractivity contribution in [1.29, 1.82) is 0 Å². The second-order valence-corrected chi connectivity index (χ2v) is 9.05. The fourth-order valence-electron chi connectivity index (χ4n) is 3.71. The van der Waals surface area contributed by atoms with Crippen molar-refractivity contribution in [2.75, 3.05) is 22.8 Å². The first-order valence-corrected chi connectivity index (χ1v) is 10.9. The third-order valence-electron chi connectivity index (χ3n) is 5.14. The number of sulfonamides is 1. The summed E-state index contributed by atoms with van der Waals surface area (Å²) in [6.45, 7) is 0.860. The number of hydrogen-bond acceptors (Lipinski definition) is 6. The van der Waals surface area contributed by atoms with Crippen LogP contribution in [0.3, 0.4) is 0 Å². The van der Waals surface area contributed by atoms with E-state index in [9.17, 15) is 22.7 Å². The molecule has 1 atom stereocenters. The number of hydrogen-bond donors (Lipinski definition) is 2. The number of anilines is 2. The summed E-state index contributed by atoms with van der Waals surface area (Å²) in [5.74, 6) is -2.25. The van der Waals surface area contributed by atoms with Crippen LogP contribution in [0.4, 0.5) is 15.8 Å². The van der Waals surface area contributed by atoms with E-state index < -0.39 is 32.5 Å². The zero-order valence-corrected chi connectivity index (χ0v) is 16.8. The number of carbonyl (C=O) groups is 1. The molecule has 4 rings (SSSR count). The Hall–Kier alpha value is -2.52. The number of benzene rings is 2. The van der Waals surface area contributed by atoms with Crippen LogP contribution in [0.2, 0.25) is 5.02 Å². The lowest BCUT2D eigenvalue weighted by Gasteiger charge is -2.27. The summed E-state index contributed by atoms with van der Waals surface area (Å²) in [5, 5.41) is 9.82. The molecule has 0 aromatic heterocycles. The zero-order chi connectivity index (χ0) is 20.8. The van der Waals surface area contributed by atoms with Crippen molar-refractivity contribution < 1.29 is 27.4 Å². The van der Waals surface area contributed by atoms with E-state index in [0.717, 1.165) is 31.5 Å². The Morgan fingerprint density at radius 2 is 2.03 bits per heavy atom. The Labute approximate surface area is 172 Å². The van der Waals surface area contributed by atoms with Gasteiger partial charge in [-0.15, -0.1) is 0 Å². The molecule has 1 saturated heterocycles. The quantitative estimate of drug-likeness (QED) is 0.608. The summed E-state index contributed by atoms with van der Waals surface area (Å²) in [7, 11) is -4.44. The largest absolute Gasteiger partial charge is 0.505 e. The van der Waals surface area contributed by atoms with Crippen LogP contribution in [-0.4, -0.2) is 38.7 Å². The molecule has 2 N–H and O–H groups in total. The predicted molar refractivity (Wildman–Crippen MR) is 106 cm³/mol. The number of cyclic esters (lactones) is 1. The predicted octanol–water partition coefficient (Wildman–Crippen LogP) is 3.51. The van der Waals surface area contributed by atoms with Crippen molar-refractivity contribution in [3.05, 3.63) is 46.7 Å². The third-order valence-corrected chi connectivity index (χ3v) is 6.81. The van der Waals surface area contributed by atoms with E-state index in [0.29, 0.717) is 12.1 Å². The fourth-order valence-corrected chi connectivity index (χ4v) is 5.19. The van der Waals surface area contributed by atoms with Gasteiger partial charge in [0, 0.05) is 24.7 Å². The third kappa shape index (κ3) is 3.72. The van der Waals surface area contributed by atoms with E-state index in [1.165, 1.54) is 12.1 Å². The molecule has 154 valence electrons. The van der Waals surface area contributed by atoms with Crippen LogP contribution in [0.5, 0.6) is 5.75 Å². The summed E-state index contributed by atoms with van der Waals surface area (Å²) < 4.78 is 47.5. The van der Waals surface area contributed by atoms with Crippen LogP contribution in [0.25, 0.3) is 0 Å². The Morgan fingerprint density at radius 1 is 1.24 bits per heavy atom. The molecule has 2 aliphatic heterocycles. The van der Waals surface area contributed by atoms with Gasteiger partial charge in [0.15, 0.2) is 5.75 Å². The minimum atomic E-state index is -4.44. The fraction of sp³-hybridized carbons (Fsp3) is 0.316. The Balaban J connectivity index is 1.86. The topological polar surface area (TPSA) is 95.9 Å². The van der Waals surface area contributed by atoms with Crippen molar-refractivity contribution in [3.8, 4) is 5.75 Å². The lowest BCUT2D eigenvalue weighted by atomic mass is 10.1. The highest BCUT2D eigenvalue weighted by Crippen LogP contribution is 2.36. The van der Waals surface area contributed by atoms with Crippen LogP contribution < -0.4 is 9.62 Å². The first-order valence-electron chi connectivity index (χ1n) is 9.05. The molecule has 2 heterocycles. The molecule has 2 aliphatic rings. The molecule has 1 fully saturated rings. The molecular weight excluding hydrogens is 423 g/mol. The van der Waals surface area contributed by atoms with Crippen molar-refractivity contribution in [3.63, 3.8) is 0 Å². The molecule has 0 unspecified atom stereocenters. The normalized spacial score (nSPS) is 21.0. The van der Waals surface area contributed by atoms with Crippen LogP contribution in [0.15, 0.2) is 35.2 Å². The molecule has 0 amide bonds. The van der Waals surface area contributed by atoms with Gasteiger partial charge in [-0.1, -0.05) is 11.6 Å². The number of phenolic OH excluding ortho intramolecular Hbond substituents is 1. The maximum atomic E-state index is 14.4. The first-order chi connectivity index (χ1) is 13.8. The van der Waals surface area contributed by atoms with Crippen LogP contribution in [0.1, 0.15) is 29.6 Å². The van der Waals surface area contributed by atoms with E-state index in [-0.39, 0.29) is 28.9 Å². The van der Waals surface area contributed by atoms with Crippen molar-refractivity contribution in [2.45, 2.75) is 30.2 Å².